The standard InChI is InChI=1S/C25H21NO4S/c1-30-25(28)22-10-3-6-18(14-22)12-13-19-7-5-11-23(16-19)26-24(27)21-9-4-8-20(15-21)17-31(2)29/h3-11,14-16H,17H2,1-2H3,(H,26,27). The maximum atomic E-state index is 12.6. The number of benzene rings is 3. The van der Waals surface area contributed by atoms with Crippen LogP contribution in [-0.4, -0.2) is 29.5 Å². The number of methoxy groups -OCH3 is 1. The normalized spacial score (nSPS) is 11.0. The molecule has 5 nitrogen and oxygen atoms in total. The van der Waals surface area contributed by atoms with Crippen molar-refractivity contribution in [1.29, 1.82) is 0 Å². The number of hydrogen-bond donors (Lipinski definition) is 1. The van der Waals surface area contributed by atoms with Crippen LogP contribution in [0.1, 0.15) is 37.4 Å². The van der Waals surface area contributed by atoms with Gasteiger partial charge in [0.15, 0.2) is 0 Å². The largest absolute Gasteiger partial charge is 0.465 e. The summed E-state index contributed by atoms with van der Waals surface area (Å²) in [6.45, 7) is 0. The summed E-state index contributed by atoms with van der Waals surface area (Å²) in [5, 5.41) is 2.87. The average Bonchev–Trinajstić information content (AvgIpc) is 2.77. The maximum absolute atomic E-state index is 12.6. The predicted molar refractivity (Wildman–Crippen MR) is 122 cm³/mol. The summed E-state index contributed by atoms with van der Waals surface area (Å²) in [6.07, 6.45) is 1.63. The highest BCUT2D eigenvalue weighted by Crippen LogP contribution is 2.14. The van der Waals surface area contributed by atoms with Gasteiger partial charge in [0.05, 0.1) is 12.7 Å². The van der Waals surface area contributed by atoms with Gasteiger partial charge in [-0.05, 0) is 54.1 Å². The first-order chi connectivity index (χ1) is 14.9. The molecule has 0 bridgehead atoms. The van der Waals surface area contributed by atoms with Crippen LogP contribution < -0.4 is 5.32 Å². The lowest BCUT2D eigenvalue weighted by atomic mass is 10.1. The lowest BCUT2D eigenvalue weighted by molar-refractivity contribution is 0.0600. The zero-order valence-electron chi connectivity index (χ0n) is 17.2. The van der Waals surface area contributed by atoms with E-state index in [-0.39, 0.29) is 5.91 Å². The summed E-state index contributed by atoms with van der Waals surface area (Å²) in [6, 6.07) is 21.2. The number of anilines is 1. The molecular weight excluding hydrogens is 410 g/mol. The summed E-state index contributed by atoms with van der Waals surface area (Å²) >= 11 is 0. The van der Waals surface area contributed by atoms with Crippen molar-refractivity contribution < 1.29 is 18.5 Å². The van der Waals surface area contributed by atoms with E-state index in [0.717, 1.165) is 11.1 Å². The Bertz CT molecular complexity index is 1210. The molecule has 0 radical (unpaired) electrons. The highest BCUT2D eigenvalue weighted by molar-refractivity contribution is 7.83. The fourth-order valence-electron chi connectivity index (χ4n) is 2.90. The second-order valence-corrected chi connectivity index (χ2v) is 8.21. The summed E-state index contributed by atoms with van der Waals surface area (Å²) < 4.78 is 16.2. The van der Waals surface area contributed by atoms with Gasteiger partial charge in [0, 0.05) is 45.2 Å². The number of esters is 1. The van der Waals surface area contributed by atoms with Gasteiger partial charge in [0.2, 0.25) is 0 Å². The second kappa shape index (κ2) is 10.4. The highest BCUT2D eigenvalue weighted by atomic mass is 32.2. The monoisotopic (exact) mass is 431 g/mol. The quantitative estimate of drug-likeness (QED) is 0.490. The van der Waals surface area contributed by atoms with Crippen LogP contribution in [0.3, 0.4) is 0 Å². The number of ether oxygens (including phenoxy) is 1. The van der Waals surface area contributed by atoms with E-state index in [0.29, 0.717) is 28.1 Å². The molecule has 0 aliphatic heterocycles. The molecule has 31 heavy (non-hydrogen) atoms. The van der Waals surface area contributed by atoms with Gasteiger partial charge in [-0.1, -0.05) is 36.1 Å². The third-order valence-electron chi connectivity index (χ3n) is 4.31. The van der Waals surface area contributed by atoms with Gasteiger partial charge in [0.25, 0.3) is 5.91 Å². The molecule has 3 rings (SSSR count). The van der Waals surface area contributed by atoms with Gasteiger partial charge in [-0.2, -0.15) is 0 Å². The molecule has 3 aromatic rings. The van der Waals surface area contributed by atoms with Crippen molar-refractivity contribution in [2.24, 2.45) is 0 Å². The van der Waals surface area contributed by atoms with Crippen molar-refractivity contribution >= 4 is 28.4 Å². The molecule has 1 atom stereocenters. The van der Waals surface area contributed by atoms with Crippen LogP contribution in [0.4, 0.5) is 5.69 Å². The molecule has 0 saturated heterocycles. The number of amides is 1. The first kappa shape index (κ1) is 22.0. The Kier molecular flexibility index (Phi) is 7.36. The molecular formula is C25H21NO4S. The number of carbonyl (C=O) groups is 2. The van der Waals surface area contributed by atoms with E-state index in [2.05, 4.69) is 17.2 Å². The highest BCUT2D eigenvalue weighted by Gasteiger charge is 2.08. The molecule has 0 saturated carbocycles. The van der Waals surface area contributed by atoms with Gasteiger partial charge in [-0.3, -0.25) is 9.00 Å². The minimum absolute atomic E-state index is 0.250. The van der Waals surface area contributed by atoms with E-state index in [1.54, 1.807) is 66.9 Å². The zero-order valence-corrected chi connectivity index (χ0v) is 18.0. The van der Waals surface area contributed by atoms with Crippen molar-refractivity contribution in [2.45, 2.75) is 5.75 Å². The van der Waals surface area contributed by atoms with Crippen molar-refractivity contribution in [3.63, 3.8) is 0 Å². The lowest BCUT2D eigenvalue weighted by Crippen LogP contribution is -2.12. The SMILES string of the molecule is COC(=O)c1cccc(C#Cc2cccc(NC(=O)c3cccc(CS(C)=O)c3)c2)c1. The van der Waals surface area contributed by atoms with Crippen LogP contribution in [0.2, 0.25) is 0 Å². The Hall–Kier alpha value is -3.69. The van der Waals surface area contributed by atoms with E-state index in [9.17, 15) is 13.8 Å². The van der Waals surface area contributed by atoms with Gasteiger partial charge in [-0.25, -0.2) is 4.79 Å². The smallest absolute Gasteiger partial charge is 0.337 e. The van der Waals surface area contributed by atoms with Gasteiger partial charge >= 0.3 is 5.97 Å². The summed E-state index contributed by atoms with van der Waals surface area (Å²) in [7, 11) is 0.360. The minimum Gasteiger partial charge on any atom is -0.465 e. The Morgan fingerprint density at radius 2 is 1.55 bits per heavy atom. The van der Waals surface area contributed by atoms with Gasteiger partial charge in [0.1, 0.15) is 0 Å². The van der Waals surface area contributed by atoms with Gasteiger partial charge in [-0.15, -0.1) is 0 Å². The molecule has 0 fully saturated rings. The number of nitrogens with one attached hydrogen (secondary N) is 1. The first-order valence-electron chi connectivity index (χ1n) is 9.45. The van der Waals surface area contributed by atoms with Crippen LogP contribution in [0.15, 0.2) is 72.8 Å². The summed E-state index contributed by atoms with van der Waals surface area (Å²) in [4.78, 5) is 24.3. The lowest BCUT2D eigenvalue weighted by Gasteiger charge is -2.07. The van der Waals surface area contributed by atoms with E-state index in [1.165, 1.54) is 7.11 Å². The topological polar surface area (TPSA) is 72.5 Å². The fourth-order valence-corrected chi connectivity index (χ4v) is 3.55. The molecule has 6 heteroatoms. The Morgan fingerprint density at radius 3 is 2.26 bits per heavy atom. The molecule has 0 spiro atoms. The molecule has 3 aromatic carbocycles. The van der Waals surface area contributed by atoms with Crippen LogP contribution >= 0.6 is 0 Å². The number of hydrogen-bond acceptors (Lipinski definition) is 4. The molecule has 156 valence electrons. The van der Waals surface area contributed by atoms with Crippen LogP contribution in [0, 0.1) is 11.8 Å². The van der Waals surface area contributed by atoms with Crippen LogP contribution in [0.25, 0.3) is 0 Å². The molecule has 0 aromatic heterocycles. The van der Waals surface area contributed by atoms with Crippen molar-refractivity contribution in [1.82, 2.24) is 0 Å². The van der Waals surface area contributed by atoms with E-state index >= 15 is 0 Å². The molecule has 0 heterocycles. The Balaban J connectivity index is 1.75. The second-order valence-electron chi connectivity index (χ2n) is 6.78. The summed E-state index contributed by atoms with van der Waals surface area (Å²) in [5.74, 6) is 5.80. The minimum atomic E-state index is -0.975. The molecule has 1 N–H and O–H groups in total. The Labute approximate surface area is 183 Å². The summed E-state index contributed by atoms with van der Waals surface area (Å²) in [5.41, 5.74) is 3.80. The van der Waals surface area contributed by atoms with Crippen molar-refractivity contribution in [3.8, 4) is 11.8 Å². The van der Waals surface area contributed by atoms with E-state index < -0.39 is 16.8 Å². The number of carbonyl (C=O) groups excluding carboxylic acids is 2. The molecule has 0 aliphatic carbocycles. The van der Waals surface area contributed by atoms with E-state index in [4.69, 9.17) is 4.74 Å². The molecule has 0 aliphatic rings. The zero-order chi connectivity index (χ0) is 22.2. The first-order valence-corrected chi connectivity index (χ1v) is 11.2. The number of rotatable bonds is 5. The molecule has 1 amide bonds. The Morgan fingerprint density at radius 1 is 0.903 bits per heavy atom. The van der Waals surface area contributed by atoms with Crippen molar-refractivity contribution in [3.05, 3.63) is 101 Å². The third-order valence-corrected chi connectivity index (χ3v) is 5.05. The third kappa shape index (κ3) is 6.39. The molecule has 1 unspecified atom stereocenters. The van der Waals surface area contributed by atoms with Gasteiger partial charge < -0.3 is 10.1 Å². The van der Waals surface area contributed by atoms with Crippen molar-refractivity contribution in [2.75, 3.05) is 18.7 Å². The maximum Gasteiger partial charge on any atom is 0.337 e. The van der Waals surface area contributed by atoms with Crippen LogP contribution in [0.5, 0.6) is 0 Å². The van der Waals surface area contributed by atoms with E-state index in [1.807, 2.05) is 12.1 Å². The van der Waals surface area contributed by atoms with Crippen LogP contribution in [-0.2, 0) is 21.3 Å². The fraction of sp³-hybridized carbons (Fsp3) is 0.120. The average molecular weight is 432 g/mol. The predicted octanol–water partition coefficient (Wildman–Crippen LogP) is 4.00.